The highest BCUT2D eigenvalue weighted by Gasteiger charge is 2.56. The molecule has 15 heavy (non-hydrogen) atoms. The van der Waals surface area contributed by atoms with Crippen molar-refractivity contribution in [1.29, 1.82) is 0 Å². The number of rotatable bonds is 1. The molecule has 1 saturated heterocycles. The van der Waals surface area contributed by atoms with Crippen molar-refractivity contribution in [3.8, 4) is 0 Å². The van der Waals surface area contributed by atoms with Gasteiger partial charge in [-0.25, -0.2) is 0 Å². The largest absolute Gasteiger partial charge is 0.343 e. The molecule has 1 aliphatic heterocycles. The Hall–Kier alpha value is -0.0400. The molecule has 1 nitrogen and oxygen atoms in total. The number of hydrogen-bond acceptors (Lipinski definition) is 0. The van der Waals surface area contributed by atoms with Crippen LogP contribution >= 0.6 is 0 Å². The van der Waals surface area contributed by atoms with Crippen molar-refractivity contribution < 1.29 is 5.32 Å². The van der Waals surface area contributed by atoms with Gasteiger partial charge in [0.2, 0.25) is 0 Å². The van der Waals surface area contributed by atoms with Gasteiger partial charge in [-0.05, 0) is 56.3 Å². The lowest BCUT2D eigenvalue weighted by Crippen LogP contribution is -2.90. The Balaban J connectivity index is 1.65. The van der Waals surface area contributed by atoms with E-state index in [2.05, 4.69) is 5.32 Å². The Bertz CT molecular complexity index is 229. The summed E-state index contributed by atoms with van der Waals surface area (Å²) in [7, 11) is 0. The molecule has 0 unspecified atom stereocenters. The highest BCUT2D eigenvalue weighted by atomic mass is 15.0. The molecule has 1 heteroatoms. The van der Waals surface area contributed by atoms with E-state index >= 15 is 0 Å². The van der Waals surface area contributed by atoms with Gasteiger partial charge in [0.05, 0.1) is 12.6 Å². The maximum absolute atomic E-state index is 2.70. The highest BCUT2D eigenvalue weighted by Crippen LogP contribution is 2.61. The molecule has 4 aliphatic carbocycles. The van der Waals surface area contributed by atoms with Gasteiger partial charge in [-0.2, -0.15) is 0 Å². The zero-order valence-electron chi connectivity index (χ0n) is 9.75. The molecule has 0 aromatic carbocycles. The fourth-order valence-electron chi connectivity index (χ4n) is 5.96. The van der Waals surface area contributed by atoms with E-state index in [9.17, 15) is 0 Å². The molecule has 4 saturated carbocycles. The molecular weight excluding hydrogens is 182 g/mol. The van der Waals surface area contributed by atoms with E-state index in [0.717, 1.165) is 29.2 Å². The summed E-state index contributed by atoms with van der Waals surface area (Å²) in [6.07, 6.45) is 12.7. The minimum Gasteiger partial charge on any atom is -0.343 e. The van der Waals surface area contributed by atoms with Crippen LogP contribution in [0.3, 0.4) is 0 Å². The van der Waals surface area contributed by atoms with Crippen LogP contribution in [0.4, 0.5) is 0 Å². The Morgan fingerprint density at radius 3 is 1.93 bits per heavy atom. The first-order chi connectivity index (χ1) is 7.34. The van der Waals surface area contributed by atoms with Crippen LogP contribution < -0.4 is 5.32 Å². The van der Waals surface area contributed by atoms with Crippen LogP contribution in [-0.2, 0) is 0 Å². The Kier molecular flexibility index (Phi) is 1.81. The molecule has 84 valence electrons. The predicted molar refractivity (Wildman–Crippen MR) is 60.4 cm³/mol. The van der Waals surface area contributed by atoms with Gasteiger partial charge >= 0.3 is 0 Å². The second-order valence-corrected chi connectivity index (χ2v) is 7.05. The van der Waals surface area contributed by atoms with Crippen LogP contribution in [0.15, 0.2) is 0 Å². The number of quaternary nitrogens is 1. The fourth-order valence-corrected chi connectivity index (χ4v) is 5.96. The van der Waals surface area contributed by atoms with Crippen LogP contribution in [0.25, 0.3) is 0 Å². The highest BCUT2D eigenvalue weighted by molar-refractivity contribution is 5.04. The van der Waals surface area contributed by atoms with E-state index in [4.69, 9.17) is 0 Å². The summed E-state index contributed by atoms with van der Waals surface area (Å²) in [4.78, 5) is 0. The number of hydrogen-bond donors (Lipinski definition) is 1. The van der Waals surface area contributed by atoms with Crippen molar-refractivity contribution >= 4 is 0 Å². The normalized spacial score (nSPS) is 57.6. The second-order valence-electron chi connectivity index (χ2n) is 7.05. The van der Waals surface area contributed by atoms with Gasteiger partial charge in [-0.15, -0.1) is 0 Å². The maximum atomic E-state index is 2.70. The molecule has 5 fully saturated rings. The van der Waals surface area contributed by atoms with Crippen molar-refractivity contribution in [2.24, 2.45) is 23.2 Å². The van der Waals surface area contributed by atoms with E-state index in [1.165, 1.54) is 19.4 Å². The third-order valence-corrected chi connectivity index (χ3v) is 6.04. The van der Waals surface area contributed by atoms with Gasteiger partial charge < -0.3 is 5.32 Å². The Morgan fingerprint density at radius 2 is 1.47 bits per heavy atom. The first-order valence-corrected chi connectivity index (χ1v) is 7.17. The third-order valence-electron chi connectivity index (χ3n) is 6.04. The zero-order valence-corrected chi connectivity index (χ0v) is 9.75. The van der Waals surface area contributed by atoms with Crippen LogP contribution in [0.1, 0.15) is 51.4 Å². The molecule has 5 rings (SSSR count). The Labute approximate surface area is 93.0 Å². The van der Waals surface area contributed by atoms with E-state index in [1.807, 2.05) is 0 Å². The smallest absolute Gasteiger partial charge is 0.0918 e. The molecule has 2 N–H and O–H groups in total. The van der Waals surface area contributed by atoms with Crippen molar-refractivity contribution in [1.82, 2.24) is 0 Å². The lowest BCUT2D eigenvalue weighted by atomic mass is 9.47. The SMILES string of the molecule is C1C[NH2+][C@@H](C23CC4CC(CC(C4)C2)C3)C1. The van der Waals surface area contributed by atoms with Crippen LogP contribution in [0, 0.1) is 23.2 Å². The summed E-state index contributed by atoms with van der Waals surface area (Å²) >= 11 is 0. The summed E-state index contributed by atoms with van der Waals surface area (Å²) in [5, 5.41) is 2.70. The second kappa shape index (κ2) is 3.00. The monoisotopic (exact) mass is 206 g/mol. The van der Waals surface area contributed by atoms with E-state index in [-0.39, 0.29) is 0 Å². The van der Waals surface area contributed by atoms with E-state index < -0.39 is 0 Å². The quantitative estimate of drug-likeness (QED) is 0.675. The van der Waals surface area contributed by atoms with Gasteiger partial charge in [-0.3, -0.25) is 0 Å². The molecule has 0 aromatic rings. The van der Waals surface area contributed by atoms with Crippen molar-refractivity contribution in [3.05, 3.63) is 0 Å². The summed E-state index contributed by atoms with van der Waals surface area (Å²) in [5.74, 6) is 3.43. The molecule has 1 heterocycles. The minimum atomic E-state index is 0.825. The van der Waals surface area contributed by atoms with Gasteiger partial charge in [0, 0.05) is 18.3 Å². The van der Waals surface area contributed by atoms with Gasteiger partial charge in [0.25, 0.3) is 0 Å². The average molecular weight is 206 g/mol. The van der Waals surface area contributed by atoms with Crippen LogP contribution in [0.2, 0.25) is 0 Å². The standard InChI is InChI=1S/C14H23N/c1-2-13(15-3-1)14-7-10-4-11(8-14)6-12(5-10)9-14/h10-13,15H,1-9H2/p+1/t10?,11?,12?,13-,14?/m1/s1. The lowest BCUT2D eigenvalue weighted by molar-refractivity contribution is -0.686. The number of nitrogens with two attached hydrogens (primary N) is 1. The van der Waals surface area contributed by atoms with Gasteiger partial charge in [-0.1, -0.05) is 0 Å². The predicted octanol–water partition coefficient (Wildman–Crippen LogP) is 1.93. The summed E-state index contributed by atoms with van der Waals surface area (Å²) in [6.45, 7) is 1.42. The Morgan fingerprint density at radius 1 is 0.867 bits per heavy atom. The zero-order chi connectivity index (χ0) is 9.88. The fraction of sp³-hybridized carbons (Fsp3) is 1.00. The topological polar surface area (TPSA) is 16.6 Å². The molecule has 0 aromatic heterocycles. The van der Waals surface area contributed by atoms with Gasteiger partial charge in [0.1, 0.15) is 0 Å². The first kappa shape index (κ1) is 9.04. The molecule has 0 spiro atoms. The molecular formula is C14H24N+. The third kappa shape index (κ3) is 1.25. The summed E-state index contributed by atoms with van der Waals surface area (Å²) < 4.78 is 0. The lowest BCUT2D eigenvalue weighted by Gasteiger charge is -2.57. The van der Waals surface area contributed by atoms with Crippen LogP contribution in [0.5, 0.6) is 0 Å². The maximum Gasteiger partial charge on any atom is 0.0918 e. The van der Waals surface area contributed by atoms with E-state index in [0.29, 0.717) is 0 Å². The summed E-state index contributed by atoms with van der Waals surface area (Å²) in [6, 6.07) is 1.03. The first-order valence-electron chi connectivity index (χ1n) is 7.17. The van der Waals surface area contributed by atoms with Crippen molar-refractivity contribution in [3.63, 3.8) is 0 Å². The molecule has 0 amide bonds. The molecule has 4 bridgehead atoms. The van der Waals surface area contributed by atoms with Gasteiger partial charge in [0.15, 0.2) is 0 Å². The summed E-state index contributed by atoms with van der Waals surface area (Å²) in [5.41, 5.74) is 0.825. The van der Waals surface area contributed by atoms with E-state index in [1.54, 1.807) is 38.5 Å². The molecule has 1 atom stereocenters. The van der Waals surface area contributed by atoms with Crippen LogP contribution in [-0.4, -0.2) is 12.6 Å². The minimum absolute atomic E-state index is 0.825. The average Bonchev–Trinajstić information content (AvgIpc) is 2.67. The van der Waals surface area contributed by atoms with Crippen molar-refractivity contribution in [2.45, 2.75) is 57.4 Å². The molecule has 0 radical (unpaired) electrons. The van der Waals surface area contributed by atoms with Crippen molar-refractivity contribution in [2.75, 3.05) is 6.54 Å². The molecule has 5 aliphatic rings.